The summed E-state index contributed by atoms with van der Waals surface area (Å²) in [6.07, 6.45) is 3.97. The van der Waals surface area contributed by atoms with E-state index in [1.165, 1.54) is 11.1 Å². The number of ether oxygens (including phenoxy) is 1. The summed E-state index contributed by atoms with van der Waals surface area (Å²) in [6, 6.07) is 13.2. The lowest BCUT2D eigenvalue weighted by Gasteiger charge is -2.15. The van der Waals surface area contributed by atoms with E-state index in [0.717, 1.165) is 24.9 Å². The molecule has 1 heterocycles. The van der Waals surface area contributed by atoms with Crippen LogP contribution in [-0.2, 0) is 13.0 Å². The SMILES string of the molecule is COc1ncccc1CNC(C)CCc1cccc(C)c1. The number of nitrogens with one attached hydrogen (secondary N) is 1. The second-order valence-corrected chi connectivity index (χ2v) is 5.48. The molecule has 1 atom stereocenters. The average molecular weight is 284 g/mol. The Morgan fingerprint density at radius 1 is 1.24 bits per heavy atom. The number of rotatable bonds is 7. The lowest BCUT2D eigenvalue weighted by atomic mass is 10.0. The standard InChI is InChI=1S/C18H24N2O/c1-14-6-4-7-16(12-14)10-9-15(2)20-13-17-8-5-11-19-18(17)21-3/h4-8,11-12,15,20H,9-10,13H2,1-3H3. The van der Waals surface area contributed by atoms with Gasteiger partial charge in [-0.3, -0.25) is 0 Å². The third kappa shape index (κ3) is 4.87. The van der Waals surface area contributed by atoms with Crippen LogP contribution >= 0.6 is 0 Å². The number of methoxy groups -OCH3 is 1. The largest absolute Gasteiger partial charge is 0.481 e. The first-order valence-corrected chi connectivity index (χ1v) is 7.46. The normalized spacial score (nSPS) is 12.1. The van der Waals surface area contributed by atoms with Gasteiger partial charge in [0.15, 0.2) is 0 Å². The van der Waals surface area contributed by atoms with E-state index in [0.29, 0.717) is 11.9 Å². The van der Waals surface area contributed by atoms with Crippen LogP contribution in [0.5, 0.6) is 5.88 Å². The van der Waals surface area contributed by atoms with Crippen LogP contribution < -0.4 is 10.1 Å². The van der Waals surface area contributed by atoms with Crippen molar-refractivity contribution in [3.05, 3.63) is 59.3 Å². The highest BCUT2D eigenvalue weighted by atomic mass is 16.5. The fourth-order valence-corrected chi connectivity index (χ4v) is 2.38. The molecule has 2 aromatic rings. The Kier molecular flexibility index (Phi) is 5.76. The number of hydrogen-bond acceptors (Lipinski definition) is 3. The molecule has 0 spiro atoms. The van der Waals surface area contributed by atoms with Crippen molar-refractivity contribution < 1.29 is 4.74 Å². The minimum Gasteiger partial charge on any atom is -0.481 e. The molecule has 0 aliphatic rings. The van der Waals surface area contributed by atoms with Gasteiger partial charge in [-0.25, -0.2) is 4.98 Å². The third-order valence-electron chi connectivity index (χ3n) is 3.63. The molecule has 0 bridgehead atoms. The molecule has 1 unspecified atom stereocenters. The monoisotopic (exact) mass is 284 g/mol. The van der Waals surface area contributed by atoms with Gasteiger partial charge in [-0.05, 0) is 38.3 Å². The molecule has 0 amide bonds. The van der Waals surface area contributed by atoms with Gasteiger partial charge in [-0.1, -0.05) is 35.9 Å². The van der Waals surface area contributed by atoms with E-state index in [4.69, 9.17) is 4.74 Å². The van der Waals surface area contributed by atoms with Crippen LogP contribution in [0.25, 0.3) is 0 Å². The zero-order valence-electron chi connectivity index (χ0n) is 13.1. The van der Waals surface area contributed by atoms with E-state index in [-0.39, 0.29) is 0 Å². The maximum Gasteiger partial charge on any atom is 0.217 e. The van der Waals surface area contributed by atoms with Crippen molar-refractivity contribution in [2.75, 3.05) is 7.11 Å². The van der Waals surface area contributed by atoms with E-state index >= 15 is 0 Å². The highest BCUT2D eigenvalue weighted by Gasteiger charge is 2.06. The number of aryl methyl sites for hydroxylation is 2. The van der Waals surface area contributed by atoms with Crippen LogP contribution in [0.15, 0.2) is 42.6 Å². The maximum absolute atomic E-state index is 5.27. The molecular formula is C18H24N2O. The van der Waals surface area contributed by atoms with Crippen LogP contribution in [-0.4, -0.2) is 18.1 Å². The van der Waals surface area contributed by atoms with E-state index < -0.39 is 0 Å². The lowest BCUT2D eigenvalue weighted by molar-refractivity contribution is 0.388. The Balaban J connectivity index is 1.81. The molecule has 0 aliphatic heterocycles. The highest BCUT2D eigenvalue weighted by molar-refractivity contribution is 5.25. The molecule has 0 fully saturated rings. The summed E-state index contributed by atoms with van der Waals surface area (Å²) in [4.78, 5) is 4.22. The Bertz CT molecular complexity index is 569. The summed E-state index contributed by atoms with van der Waals surface area (Å²) in [7, 11) is 1.66. The topological polar surface area (TPSA) is 34.1 Å². The molecular weight excluding hydrogens is 260 g/mol. The maximum atomic E-state index is 5.27. The van der Waals surface area contributed by atoms with Crippen LogP contribution in [0.1, 0.15) is 30.0 Å². The summed E-state index contributed by atoms with van der Waals surface area (Å²) in [6.45, 7) is 5.14. The van der Waals surface area contributed by atoms with Crippen molar-refractivity contribution in [1.82, 2.24) is 10.3 Å². The van der Waals surface area contributed by atoms with Gasteiger partial charge in [-0.15, -0.1) is 0 Å². The first-order chi connectivity index (χ1) is 10.2. The first-order valence-electron chi connectivity index (χ1n) is 7.46. The zero-order chi connectivity index (χ0) is 15.1. The van der Waals surface area contributed by atoms with Gasteiger partial charge in [0.1, 0.15) is 0 Å². The Morgan fingerprint density at radius 3 is 2.86 bits per heavy atom. The van der Waals surface area contributed by atoms with Crippen LogP contribution in [0, 0.1) is 6.92 Å². The quantitative estimate of drug-likeness (QED) is 0.845. The van der Waals surface area contributed by atoms with E-state index in [2.05, 4.69) is 48.4 Å². The first kappa shape index (κ1) is 15.5. The van der Waals surface area contributed by atoms with Gasteiger partial charge in [0.2, 0.25) is 5.88 Å². The van der Waals surface area contributed by atoms with Crippen molar-refractivity contribution in [2.45, 2.75) is 39.3 Å². The number of aromatic nitrogens is 1. The molecule has 1 aromatic heterocycles. The predicted octanol–water partition coefficient (Wildman–Crippen LogP) is 3.51. The summed E-state index contributed by atoms with van der Waals surface area (Å²) < 4.78 is 5.27. The van der Waals surface area contributed by atoms with Crippen LogP contribution in [0.4, 0.5) is 0 Å². The van der Waals surface area contributed by atoms with Crippen molar-refractivity contribution in [1.29, 1.82) is 0 Å². The van der Waals surface area contributed by atoms with Gasteiger partial charge in [0.25, 0.3) is 0 Å². The molecule has 0 radical (unpaired) electrons. The smallest absolute Gasteiger partial charge is 0.217 e. The molecule has 3 nitrogen and oxygen atoms in total. The Morgan fingerprint density at radius 2 is 2.10 bits per heavy atom. The fraction of sp³-hybridized carbons (Fsp3) is 0.389. The summed E-state index contributed by atoms with van der Waals surface area (Å²) in [5.74, 6) is 0.705. The van der Waals surface area contributed by atoms with Crippen molar-refractivity contribution in [3.8, 4) is 5.88 Å². The van der Waals surface area contributed by atoms with E-state index in [9.17, 15) is 0 Å². The average Bonchev–Trinajstić information content (AvgIpc) is 2.51. The Hall–Kier alpha value is -1.87. The van der Waals surface area contributed by atoms with Crippen LogP contribution in [0.2, 0.25) is 0 Å². The minimum absolute atomic E-state index is 0.454. The fourth-order valence-electron chi connectivity index (χ4n) is 2.38. The van der Waals surface area contributed by atoms with Gasteiger partial charge in [0, 0.05) is 24.3 Å². The van der Waals surface area contributed by atoms with Gasteiger partial charge < -0.3 is 10.1 Å². The van der Waals surface area contributed by atoms with Gasteiger partial charge in [-0.2, -0.15) is 0 Å². The number of nitrogens with zero attached hydrogens (tertiary/aromatic N) is 1. The highest BCUT2D eigenvalue weighted by Crippen LogP contribution is 2.14. The molecule has 0 aliphatic carbocycles. The van der Waals surface area contributed by atoms with E-state index in [1.807, 2.05) is 12.1 Å². The molecule has 1 N–H and O–H groups in total. The second-order valence-electron chi connectivity index (χ2n) is 5.48. The van der Waals surface area contributed by atoms with Crippen LogP contribution in [0.3, 0.4) is 0 Å². The van der Waals surface area contributed by atoms with Gasteiger partial charge >= 0.3 is 0 Å². The number of benzene rings is 1. The van der Waals surface area contributed by atoms with Crippen molar-refractivity contribution in [2.24, 2.45) is 0 Å². The molecule has 1 aromatic carbocycles. The molecule has 112 valence electrons. The number of pyridine rings is 1. The molecule has 0 saturated heterocycles. The van der Waals surface area contributed by atoms with Crippen molar-refractivity contribution in [3.63, 3.8) is 0 Å². The molecule has 2 rings (SSSR count). The minimum atomic E-state index is 0.454. The zero-order valence-corrected chi connectivity index (χ0v) is 13.1. The van der Waals surface area contributed by atoms with Crippen molar-refractivity contribution >= 4 is 0 Å². The second kappa shape index (κ2) is 7.79. The summed E-state index contributed by atoms with van der Waals surface area (Å²) in [5.41, 5.74) is 3.83. The lowest BCUT2D eigenvalue weighted by Crippen LogP contribution is -2.26. The summed E-state index contributed by atoms with van der Waals surface area (Å²) in [5, 5.41) is 3.54. The van der Waals surface area contributed by atoms with E-state index in [1.54, 1.807) is 13.3 Å². The number of hydrogen-bond donors (Lipinski definition) is 1. The summed E-state index contributed by atoms with van der Waals surface area (Å²) >= 11 is 0. The molecule has 21 heavy (non-hydrogen) atoms. The predicted molar refractivity (Wildman–Crippen MR) is 86.6 cm³/mol. The van der Waals surface area contributed by atoms with Gasteiger partial charge in [0.05, 0.1) is 7.11 Å². The molecule has 0 saturated carbocycles. The Labute approximate surface area is 127 Å². The molecule has 3 heteroatoms. The third-order valence-corrected chi connectivity index (χ3v) is 3.63.